The first-order valence-electron chi connectivity index (χ1n) is 11.8. The van der Waals surface area contributed by atoms with E-state index in [4.69, 9.17) is 5.10 Å². The quantitative estimate of drug-likeness (QED) is 0.468. The molecule has 2 amide bonds. The Morgan fingerprint density at radius 1 is 1.03 bits per heavy atom. The fourth-order valence-electron chi connectivity index (χ4n) is 3.72. The number of benzene rings is 2. The van der Waals surface area contributed by atoms with Gasteiger partial charge in [0.1, 0.15) is 5.82 Å². The zero-order valence-electron chi connectivity index (χ0n) is 21.1. The maximum atomic E-state index is 13.1. The second-order valence-corrected chi connectivity index (χ2v) is 10.5. The van der Waals surface area contributed by atoms with Crippen LogP contribution in [0.5, 0.6) is 0 Å². The molecule has 0 atom stereocenters. The van der Waals surface area contributed by atoms with Gasteiger partial charge in [0.2, 0.25) is 11.8 Å². The summed E-state index contributed by atoms with van der Waals surface area (Å²) in [5.74, 6) is 0.587. The minimum atomic E-state index is -0.240. The molecule has 2 aromatic carbocycles. The van der Waals surface area contributed by atoms with E-state index in [9.17, 15) is 9.59 Å². The number of hydrogen-bond donors (Lipinski definition) is 1. The Balaban J connectivity index is 1.87. The molecule has 0 bridgehead atoms. The Labute approximate surface area is 203 Å². The van der Waals surface area contributed by atoms with Crippen molar-refractivity contribution < 1.29 is 9.59 Å². The highest BCUT2D eigenvalue weighted by Gasteiger charge is 2.24. The zero-order valence-corrected chi connectivity index (χ0v) is 21.1. The largest absolute Gasteiger partial charge is 0.333 e. The van der Waals surface area contributed by atoms with E-state index in [-0.39, 0.29) is 29.7 Å². The van der Waals surface area contributed by atoms with Crippen molar-refractivity contribution in [3.8, 4) is 16.9 Å². The lowest BCUT2D eigenvalue weighted by molar-refractivity contribution is -0.136. The van der Waals surface area contributed by atoms with E-state index < -0.39 is 0 Å². The molecule has 0 saturated carbocycles. The zero-order chi connectivity index (χ0) is 24.9. The van der Waals surface area contributed by atoms with Crippen molar-refractivity contribution in [3.05, 3.63) is 66.2 Å². The molecule has 0 aliphatic carbocycles. The molecule has 1 N–H and O–H groups in total. The van der Waals surface area contributed by atoms with E-state index in [1.165, 1.54) is 0 Å². The predicted molar refractivity (Wildman–Crippen MR) is 138 cm³/mol. The van der Waals surface area contributed by atoms with Gasteiger partial charge in [0, 0.05) is 24.6 Å². The van der Waals surface area contributed by atoms with Crippen LogP contribution >= 0.6 is 0 Å². The lowest BCUT2D eigenvalue weighted by Gasteiger charge is -2.27. The van der Waals surface area contributed by atoms with Crippen molar-refractivity contribution in [3.63, 3.8) is 0 Å². The van der Waals surface area contributed by atoms with Gasteiger partial charge in [-0.25, -0.2) is 4.68 Å². The summed E-state index contributed by atoms with van der Waals surface area (Å²) in [6, 6.07) is 19.7. The number of nitrogens with one attached hydrogen (secondary N) is 1. The maximum absolute atomic E-state index is 13.1. The minimum Gasteiger partial charge on any atom is -0.333 e. The average Bonchev–Trinajstić information content (AvgIpc) is 3.16. The summed E-state index contributed by atoms with van der Waals surface area (Å²) in [7, 11) is 0. The molecular formula is C28H36N4O2. The van der Waals surface area contributed by atoms with Gasteiger partial charge >= 0.3 is 0 Å². The molecule has 0 spiro atoms. The van der Waals surface area contributed by atoms with Gasteiger partial charge < -0.3 is 10.2 Å². The monoisotopic (exact) mass is 460 g/mol. The number of hydrogen-bond acceptors (Lipinski definition) is 3. The maximum Gasteiger partial charge on any atom is 0.245 e. The van der Waals surface area contributed by atoms with E-state index in [2.05, 4.69) is 5.32 Å². The third kappa shape index (κ3) is 7.04. The molecule has 0 fully saturated rings. The van der Waals surface area contributed by atoms with Crippen LogP contribution < -0.4 is 5.32 Å². The molecular weight excluding hydrogens is 424 g/mol. The van der Waals surface area contributed by atoms with Crippen LogP contribution in [-0.4, -0.2) is 39.6 Å². The van der Waals surface area contributed by atoms with Crippen LogP contribution in [0, 0.1) is 18.3 Å². The van der Waals surface area contributed by atoms with Crippen LogP contribution in [0.15, 0.2) is 60.7 Å². The van der Waals surface area contributed by atoms with E-state index in [1.54, 1.807) is 9.58 Å². The molecule has 180 valence electrons. The van der Waals surface area contributed by atoms with Crippen LogP contribution in [0.3, 0.4) is 0 Å². The SMILES string of the molecule is Cc1ccc(-n2nc(-c3ccccc3)cc2NC(=O)CN(CC(C)C)C(=O)CC(C)(C)C)cc1. The van der Waals surface area contributed by atoms with Crippen LogP contribution in [0.4, 0.5) is 5.82 Å². The fourth-order valence-corrected chi connectivity index (χ4v) is 3.72. The van der Waals surface area contributed by atoms with Gasteiger partial charge in [-0.2, -0.15) is 5.10 Å². The second kappa shape index (κ2) is 10.7. The average molecular weight is 461 g/mol. The van der Waals surface area contributed by atoms with Crippen LogP contribution in [0.1, 0.15) is 46.6 Å². The smallest absolute Gasteiger partial charge is 0.245 e. The molecule has 34 heavy (non-hydrogen) atoms. The van der Waals surface area contributed by atoms with E-state index in [0.717, 1.165) is 22.5 Å². The first kappa shape index (κ1) is 25.2. The van der Waals surface area contributed by atoms with Crippen LogP contribution in [0.2, 0.25) is 0 Å². The summed E-state index contributed by atoms with van der Waals surface area (Å²) in [6.45, 7) is 12.8. The van der Waals surface area contributed by atoms with Gasteiger partial charge in [0.25, 0.3) is 0 Å². The number of amides is 2. The third-order valence-electron chi connectivity index (χ3n) is 5.28. The summed E-state index contributed by atoms with van der Waals surface area (Å²) in [5, 5.41) is 7.77. The number of rotatable bonds is 8. The summed E-state index contributed by atoms with van der Waals surface area (Å²) in [5.41, 5.74) is 3.58. The van der Waals surface area contributed by atoms with Gasteiger partial charge in [-0.05, 0) is 30.4 Å². The van der Waals surface area contributed by atoms with Crippen molar-refractivity contribution in [1.82, 2.24) is 14.7 Å². The summed E-state index contributed by atoms with van der Waals surface area (Å²) in [6.07, 6.45) is 0.395. The van der Waals surface area contributed by atoms with Gasteiger partial charge in [-0.15, -0.1) is 0 Å². The van der Waals surface area contributed by atoms with Gasteiger partial charge in [0.05, 0.1) is 17.9 Å². The molecule has 0 unspecified atom stereocenters. The highest BCUT2D eigenvalue weighted by molar-refractivity contribution is 5.94. The Morgan fingerprint density at radius 2 is 1.68 bits per heavy atom. The molecule has 3 rings (SSSR count). The molecule has 6 nitrogen and oxygen atoms in total. The van der Waals surface area contributed by atoms with Crippen molar-refractivity contribution >= 4 is 17.6 Å². The Bertz CT molecular complexity index is 1110. The first-order valence-corrected chi connectivity index (χ1v) is 11.8. The second-order valence-electron chi connectivity index (χ2n) is 10.5. The molecule has 1 aromatic heterocycles. The van der Waals surface area contributed by atoms with Gasteiger partial charge in [-0.3, -0.25) is 9.59 Å². The van der Waals surface area contributed by atoms with Crippen molar-refractivity contribution in [2.45, 2.75) is 48.0 Å². The standard InChI is InChI=1S/C28H36N4O2/c1-20(2)18-31(27(34)17-28(4,5)6)19-26(33)29-25-16-24(22-10-8-7-9-11-22)30-32(25)23-14-12-21(3)13-15-23/h7-16,20H,17-19H2,1-6H3,(H,29,33). The van der Waals surface area contributed by atoms with Crippen LogP contribution in [0.25, 0.3) is 16.9 Å². The highest BCUT2D eigenvalue weighted by Crippen LogP contribution is 2.25. The molecule has 0 radical (unpaired) electrons. The number of anilines is 1. The fraction of sp³-hybridized carbons (Fsp3) is 0.393. The summed E-state index contributed by atoms with van der Waals surface area (Å²) in [4.78, 5) is 27.7. The summed E-state index contributed by atoms with van der Waals surface area (Å²) < 4.78 is 1.74. The number of carbonyl (C=O) groups excluding carboxylic acids is 2. The van der Waals surface area contributed by atoms with E-state index in [1.807, 2.05) is 102 Å². The number of nitrogens with zero attached hydrogens (tertiary/aromatic N) is 3. The molecule has 0 aliphatic heterocycles. The topological polar surface area (TPSA) is 67.2 Å². The molecule has 0 saturated heterocycles. The van der Waals surface area contributed by atoms with Gasteiger partial charge in [-0.1, -0.05) is 82.6 Å². The van der Waals surface area contributed by atoms with Crippen molar-refractivity contribution in [2.24, 2.45) is 11.3 Å². The Kier molecular flexibility index (Phi) is 7.92. The Hall–Kier alpha value is -3.41. The predicted octanol–water partition coefficient (Wildman–Crippen LogP) is 5.71. The third-order valence-corrected chi connectivity index (χ3v) is 5.28. The molecule has 3 aromatic rings. The first-order chi connectivity index (χ1) is 16.0. The van der Waals surface area contributed by atoms with E-state index >= 15 is 0 Å². The molecule has 0 aliphatic rings. The van der Waals surface area contributed by atoms with Crippen LogP contribution in [-0.2, 0) is 9.59 Å². The number of aromatic nitrogens is 2. The highest BCUT2D eigenvalue weighted by atomic mass is 16.2. The number of aryl methyl sites for hydroxylation is 1. The Morgan fingerprint density at radius 3 is 2.26 bits per heavy atom. The van der Waals surface area contributed by atoms with Crippen molar-refractivity contribution in [1.29, 1.82) is 0 Å². The molecule has 6 heteroatoms. The van der Waals surface area contributed by atoms with E-state index in [0.29, 0.717) is 18.8 Å². The lowest BCUT2D eigenvalue weighted by Crippen LogP contribution is -2.41. The lowest BCUT2D eigenvalue weighted by atomic mass is 9.91. The minimum absolute atomic E-state index is 0.00614. The summed E-state index contributed by atoms with van der Waals surface area (Å²) >= 11 is 0. The van der Waals surface area contributed by atoms with Gasteiger partial charge in [0.15, 0.2) is 0 Å². The van der Waals surface area contributed by atoms with Crippen molar-refractivity contribution in [2.75, 3.05) is 18.4 Å². The number of carbonyl (C=O) groups is 2. The normalized spacial score (nSPS) is 11.5. The molecule has 1 heterocycles.